The number of aromatic nitrogens is 2. The Morgan fingerprint density at radius 2 is 1.44 bits per heavy atom. The minimum absolute atomic E-state index is 0.0299. The van der Waals surface area contributed by atoms with Crippen LogP contribution in [-0.2, 0) is 6.54 Å². The average Bonchev–Trinajstić information content (AvgIpc) is 3.11. The van der Waals surface area contributed by atoms with E-state index in [9.17, 15) is 18.4 Å². The number of aryl methyl sites for hydroxylation is 1. The zero-order valence-electron chi connectivity index (χ0n) is 29.0. The highest BCUT2D eigenvalue weighted by molar-refractivity contribution is 6.07. The Morgan fingerprint density at radius 1 is 0.760 bits per heavy atom. The molecule has 0 unspecified atom stereocenters. The van der Waals surface area contributed by atoms with Crippen molar-refractivity contribution in [3.05, 3.63) is 125 Å². The quantitative estimate of drug-likeness (QED) is 0.0685. The Bertz CT molecular complexity index is 1910. The van der Waals surface area contributed by atoms with E-state index in [1.807, 2.05) is 36.4 Å². The van der Waals surface area contributed by atoms with Crippen LogP contribution in [0.15, 0.2) is 102 Å². The second kappa shape index (κ2) is 18.1. The smallest absolute Gasteiger partial charge is 0.263 e. The van der Waals surface area contributed by atoms with Crippen molar-refractivity contribution >= 4 is 22.5 Å². The fraction of sp³-hybridized carbons (Fsp3) is 0.341. The summed E-state index contributed by atoms with van der Waals surface area (Å²) < 4.78 is 44.4. The zero-order valence-corrected chi connectivity index (χ0v) is 29.0. The number of hydrogen-bond donors (Lipinski definition) is 0. The summed E-state index contributed by atoms with van der Waals surface area (Å²) in [5.74, 6) is -1.01. The third-order valence-electron chi connectivity index (χ3n) is 8.65. The first kappa shape index (κ1) is 36.2. The Hall–Kier alpha value is -5.05. The van der Waals surface area contributed by atoms with E-state index in [1.165, 1.54) is 23.9 Å². The first-order chi connectivity index (χ1) is 24.4. The van der Waals surface area contributed by atoms with Gasteiger partial charge in [-0.25, -0.2) is 13.3 Å². The lowest BCUT2D eigenvalue weighted by Crippen LogP contribution is -2.35. The van der Waals surface area contributed by atoms with Crippen LogP contribution in [0.2, 0.25) is 0 Å². The van der Waals surface area contributed by atoms with Crippen LogP contribution >= 0.6 is 0 Å². The fourth-order valence-corrected chi connectivity index (χ4v) is 5.98. The van der Waals surface area contributed by atoms with Crippen molar-refractivity contribution < 1.29 is 27.6 Å². The Balaban J connectivity index is 1.35. The molecule has 5 aromatic rings. The SMILES string of the molecule is CCCCOc1cccc(-n2cc(C(=O)N(CC)c3cc(F)cc(F)c3)c(=O)c3ccc(OCCCCCCCC[n+]4ccccc4)cc32)c1. The van der Waals surface area contributed by atoms with Crippen LogP contribution in [0.1, 0.15) is 75.6 Å². The summed E-state index contributed by atoms with van der Waals surface area (Å²) in [4.78, 5) is 29.0. The highest BCUT2D eigenvalue weighted by Crippen LogP contribution is 2.27. The summed E-state index contributed by atoms with van der Waals surface area (Å²) in [5, 5.41) is 0.315. The van der Waals surface area contributed by atoms with Crippen LogP contribution in [0.5, 0.6) is 11.5 Å². The molecule has 0 aliphatic rings. The summed E-state index contributed by atoms with van der Waals surface area (Å²) in [6, 6.07) is 21.7. The molecule has 1 amide bonds. The van der Waals surface area contributed by atoms with Crippen LogP contribution in [0.25, 0.3) is 16.6 Å². The van der Waals surface area contributed by atoms with Gasteiger partial charge in [0.1, 0.15) is 35.2 Å². The highest BCUT2D eigenvalue weighted by atomic mass is 19.1. The van der Waals surface area contributed by atoms with Gasteiger partial charge in [0.05, 0.1) is 18.7 Å². The number of hydrogen-bond acceptors (Lipinski definition) is 4. The molecule has 0 saturated carbocycles. The fourth-order valence-electron chi connectivity index (χ4n) is 5.98. The number of ether oxygens (including phenoxy) is 2. The van der Waals surface area contributed by atoms with Crippen LogP contribution in [0.3, 0.4) is 0 Å². The van der Waals surface area contributed by atoms with E-state index in [1.54, 1.807) is 23.6 Å². The molecule has 0 spiro atoms. The molecule has 9 heteroatoms. The molecule has 7 nitrogen and oxygen atoms in total. The first-order valence-corrected chi connectivity index (χ1v) is 17.7. The molecule has 0 fully saturated rings. The zero-order chi connectivity index (χ0) is 35.3. The van der Waals surface area contributed by atoms with Gasteiger partial charge in [-0.3, -0.25) is 9.59 Å². The van der Waals surface area contributed by atoms with Crippen molar-refractivity contribution in [2.45, 2.75) is 71.8 Å². The van der Waals surface area contributed by atoms with E-state index in [0.29, 0.717) is 41.3 Å². The maximum atomic E-state index is 14.1. The van der Waals surface area contributed by atoms with Gasteiger partial charge in [0.2, 0.25) is 5.43 Å². The van der Waals surface area contributed by atoms with Crippen molar-refractivity contribution in [2.24, 2.45) is 0 Å². The molecule has 2 heterocycles. The predicted molar refractivity (Wildman–Crippen MR) is 193 cm³/mol. The lowest BCUT2D eigenvalue weighted by atomic mass is 10.1. The largest absolute Gasteiger partial charge is 0.494 e. The lowest BCUT2D eigenvalue weighted by molar-refractivity contribution is -0.697. The molecule has 0 radical (unpaired) electrons. The number of unbranched alkanes of at least 4 members (excludes halogenated alkanes) is 6. The summed E-state index contributed by atoms with van der Waals surface area (Å²) in [6.45, 7) is 6.02. The van der Waals surface area contributed by atoms with Gasteiger partial charge in [0.15, 0.2) is 12.4 Å². The van der Waals surface area contributed by atoms with Crippen LogP contribution in [0.4, 0.5) is 14.5 Å². The lowest BCUT2D eigenvalue weighted by Gasteiger charge is -2.22. The maximum absolute atomic E-state index is 14.1. The molecule has 0 aliphatic carbocycles. The number of rotatable bonds is 18. The van der Waals surface area contributed by atoms with Gasteiger partial charge in [-0.05, 0) is 62.6 Å². The number of carbonyl (C=O) groups is 1. The van der Waals surface area contributed by atoms with Crippen LogP contribution in [0, 0.1) is 11.6 Å². The van der Waals surface area contributed by atoms with E-state index in [4.69, 9.17) is 9.47 Å². The molecular weight excluding hydrogens is 636 g/mol. The topological polar surface area (TPSA) is 64.6 Å². The second-order valence-electron chi connectivity index (χ2n) is 12.4. The second-order valence-corrected chi connectivity index (χ2v) is 12.4. The number of anilines is 1. The van der Waals surface area contributed by atoms with Gasteiger partial charge in [0.25, 0.3) is 5.91 Å². The Labute approximate surface area is 292 Å². The molecule has 3 aromatic carbocycles. The molecule has 0 N–H and O–H groups in total. The van der Waals surface area contributed by atoms with Gasteiger partial charge >= 0.3 is 0 Å². The Morgan fingerprint density at radius 3 is 2.16 bits per heavy atom. The number of fused-ring (bicyclic) bond motifs is 1. The number of halogens is 2. The van der Waals surface area contributed by atoms with Crippen molar-refractivity contribution in [1.82, 2.24) is 4.57 Å². The molecule has 0 atom stereocenters. The monoisotopic (exact) mass is 682 g/mol. The van der Waals surface area contributed by atoms with E-state index < -0.39 is 23.0 Å². The minimum Gasteiger partial charge on any atom is -0.494 e. The van der Waals surface area contributed by atoms with Gasteiger partial charge in [0, 0.05) is 66.3 Å². The summed E-state index contributed by atoms with van der Waals surface area (Å²) in [5.41, 5.74) is 0.662. The highest BCUT2D eigenvalue weighted by Gasteiger charge is 2.23. The summed E-state index contributed by atoms with van der Waals surface area (Å²) in [6.07, 6.45) is 14.2. The van der Waals surface area contributed by atoms with Crippen molar-refractivity contribution in [1.29, 1.82) is 0 Å². The number of pyridine rings is 2. The standard InChI is InChI=1S/C41H46F2N3O4/c1-3-5-23-49-35-17-15-16-33(28-35)46-30-38(41(48)45(4-2)34-26-31(42)25-32(43)27-34)40(47)37-19-18-36(29-39(37)46)50-24-14-9-7-6-8-11-20-44-21-12-10-13-22-44/h10,12-13,15-19,21-22,25-30H,3-9,11,14,20,23-24H2,1-2H3/q+1. The summed E-state index contributed by atoms with van der Waals surface area (Å²) in [7, 11) is 0. The van der Waals surface area contributed by atoms with Gasteiger partial charge < -0.3 is 18.9 Å². The normalized spacial score (nSPS) is 11.1. The third kappa shape index (κ3) is 9.55. The minimum atomic E-state index is -0.812. The van der Waals surface area contributed by atoms with Crippen LogP contribution < -0.4 is 24.4 Å². The van der Waals surface area contributed by atoms with E-state index >= 15 is 0 Å². The third-order valence-corrected chi connectivity index (χ3v) is 8.65. The molecule has 5 rings (SSSR count). The summed E-state index contributed by atoms with van der Waals surface area (Å²) >= 11 is 0. The van der Waals surface area contributed by atoms with Crippen LogP contribution in [-0.4, -0.2) is 30.2 Å². The molecule has 262 valence electrons. The first-order valence-electron chi connectivity index (χ1n) is 17.7. The molecule has 2 aromatic heterocycles. The molecular formula is C41H46F2N3O4+. The number of carbonyl (C=O) groups excluding carboxylic acids is 1. The van der Waals surface area contributed by atoms with E-state index in [2.05, 4.69) is 36.0 Å². The molecule has 0 bridgehead atoms. The number of benzene rings is 3. The molecule has 0 aliphatic heterocycles. The van der Waals surface area contributed by atoms with Gasteiger partial charge in [-0.1, -0.05) is 44.7 Å². The van der Waals surface area contributed by atoms with E-state index in [-0.39, 0.29) is 17.8 Å². The Kier molecular flexibility index (Phi) is 13.1. The van der Waals surface area contributed by atoms with Crippen molar-refractivity contribution in [3.63, 3.8) is 0 Å². The van der Waals surface area contributed by atoms with E-state index in [0.717, 1.165) is 63.3 Å². The number of nitrogens with zero attached hydrogens (tertiary/aromatic N) is 3. The van der Waals surface area contributed by atoms with Gasteiger partial charge in [-0.2, -0.15) is 0 Å². The average molecular weight is 683 g/mol. The number of amides is 1. The van der Waals surface area contributed by atoms with Gasteiger partial charge in [-0.15, -0.1) is 0 Å². The molecule has 50 heavy (non-hydrogen) atoms. The van der Waals surface area contributed by atoms with Crippen molar-refractivity contribution in [3.8, 4) is 17.2 Å². The van der Waals surface area contributed by atoms with Crippen molar-refractivity contribution in [2.75, 3.05) is 24.7 Å². The predicted octanol–water partition coefficient (Wildman–Crippen LogP) is 8.82. The maximum Gasteiger partial charge on any atom is 0.263 e. The molecule has 0 saturated heterocycles.